The fraction of sp³-hybridized carbons (Fsp3) is 0.600. The van der Waals surface area contributed by atoms with E-state index in [-0.39, 0.29) is 4.75 Å². The summed E-state index contributed by atoms with van der Waals surface area (Å²) in [5.74, 6) is 0.562. The Morgan fingerprint density at radius 3 is 2.62 bits per heavy atom. The summed E-state index contributed by atoms with van der Waals surface area (Å²) in [5, 5.41) is 3.72. The highest BCUT2D eigenvalue weighted by Gasteiger charge is 2.20. The van der Waals surface area contributed by atoms with Crippen LogP contribution in [0, 0.1) is 0 Å². The predicted octanol–water partition coefficient (Wildman–Crippen LogP) is 3.10. The average molecular weight is 307 g/mol. The molecule has 1 atom stereocenters. The van der Waals surface area contributed by atoms with Crippen molar-refractivity contribution in [2.24, 2.45) is 4.40 Å². The van der Waals surface area contributed by atoms with Crippen molar-refractivity contribution in [1.82, 2.24) is 5.16 Å². The van der Waals surface area contributed by atoms with Gasteiger partial charge in [-0.1, -0.05) is 12.1 Å². The molecule has 90 valence electrons. The van der Waals surface area contributed by atoms with Gasteiger partial charge in [0.05, 0.1) is 10.5 Å². The van der Waals surface area contributed by atoms with Crippen molar-refractivity contribution in [2.75, 3.05) is 0 Å². The monoisotopic (exact) mass is 306 g/mol. The molecule has 1 aromatic rings. The van der Waals surface area contributed by atoms with Crippen molar-refractivity contribution >= 4 is 32.6 Å². The molecule has 1 rings (SSSR count). The number of hydrogen-bond donors (Lipinski definition) is 0. The second-order valence-corrected chi connectivity index (χ2v) is 6.99. The highest BCUT2D eigenvalue weighted by molar-refractivity contribution is 9.10. The second kappa shape index (κ2) is 5.23. The molecule has 0 radical (unpaired) electrons. The van der Waals surface area contributed by atoms with Gasteiger partial charge >= 0.3 is 0 Å². The molecule has 0 aliphatic carbocycles. The molecule has 0 fully saturated rings. The summed E-state index contributed by atoms with van der Waals surface area (Å²) < 4.78 is 21.4. The molecule has 6 heteroatoms. The van der Waals surface area contributed by atoms with Gasteiger partial charge in [-0.2, -0.15) is 4.40 Å². The van der Waals surface area contributed by atoms with Gasteiger partial charge in [0.2, 0.25) is 0 Å². The van der Waals surface area contributed by atoms with E-state index in [0.29, 0.717) is 22.5 Å². The van der Waals surface area contributed by atoms with Crippen LogP contribution in [-0.2, 0) is 11.0 Å². The van der Waals surface area contributed by atoms with Gasteiger partial charge < -0.3 is 4.52 Å². The van der Waals surface area contributed by atoms with Gasteiger partial charge in [0.25, 0.3) is 0 Å². The summed E-state index contributed by atoms with van der Waals surface area (Å²) in [6.07, 6.45) is 0.656. The smallest absolute Gasteiger partial charge is 0.182 e. The lowest BCUT2D eigenvalue weighted by Crippen LogP contribution is -2.21. The van der Waals surface area contributed by atoms with Gasteiger partial charge in [-0.25, -0.2) is 4.21 Å². The molecule has 1 unspecified atom stereocenters. The van der Waals surface area contributed by atoms with Gasteiger partial charge in [0, 0.05) is 6.07 Å². The largest absolute Gasteiger partial charge is 0.354 e. The Bertz CT molecular complexity index is 421. The zero-order valence-corrected chi connectivity index (χ0v) is 12.2. The Morgan fingerprint density at radius 1 is 1.62 bits per heavy atom. The summed E-state index contributed by atoms with van der Waals surface area (Å²) in [6.45, 7) is 7.59. The SMILES string of the molecule is CCC(=NS(=O)C(C)(C)C)c1cc(Br)no1. The first-order valence-electron chi connectivity index (χ1n) is 4.96. The second-order valence-electron chi connectivity index (χ2n) is 4.27. The third-order valence-corrected chi connectivity index (χ3v) is 3.63. The molecule has 0 spiro atoms. The molecule has 1 heterocycles. The number of aromatic nitrogens is 1. The van der Waals surface area contributed by atoms with E-state index in [1.807, 2.05) is 27.7 Å². The van der Waals surface area contributed by atoms with E-state index in [4.69, 9.17) is 4.52 Å². The molecule has 4 nitrogen and oxygen atoms in total. The van der Waals surface area contributed by atoms with Crippen molar-refractivity contribution in [3.63, 3.8) is 0 Å². The van der Waals surface area contributed by atoms with Crippen LogP contribution in [0.25, 0.3) is 0 Å². The maximum atomic E-state index is 11.9. The Morgan fingerprint density at radius 2 is 2.25 bits per heavy atom. The number of rotatable bonds is 3. The maximum absolute atomic E-state index is 11.9. The summed E-state index contributed by atoms with van der Waals surface area (Å²) in [4.78, 5) is 0. The summed E-state index contributed by atoms with van der Waals surface area (Å²) in [6, 6.07) is 1.72. The van der Waals surface area contributed by atoms with Gasteiger partial charge in [0.15, 0.2) is 5.76 Å². The Balaban J connectivity index is 2.99. The predicted molar refractivity (Wildman–Crippen MR) is 68.9 cm³/mol. The third-order valence-electron chi connectivity index (χ3n) is 1.82. The molecule has 0 saturated heterocycles. The van der Waals surface area contributed by atoms with Gasteiger partial charge in [-0.05, 0) is 43.1 Å². The highest BCUT2D eigenvalue weighted by atomic mass is 79.9. The molecule has 0 aromatic carbocycles. The van der Waals surface area contributed by atoms with Crippen molar-refractivity contribution in [3.8, 4) is 0 Å². The molecule has 0 aliphatic rings. The third kappa shape index (κ3) is 3.52. The molecule has 0 N–H and O–H groups in total. The van der Waals surface area contributed by atoms with E-state index in [2.05, 4.69) is 25.5 Å². The van der Waals surface area contributed by atoms with Crippen LogP contribution in [0.5, 0.6) is 0 Å². The lowest BCUT2D eigenvalue weighted by Gasteiger charge is -2.13. The van der Waals surface area contributed by atoms with E-state index < -0.39 is 11.0 Å². The van der Waals surface area contributed by atoms with Gasteiger partial charge in [-0.3, -0.25) is 0 Å². The zero-order valence-electron chi connectivity index (χ0n) is 9.78. The molecular formula is C10H15BrN2O2S. The lowest BCUT2D eigenvalue weighted by atomic mass is 10.2. The fourth-order valence-electron chi connectivity index (χ4n) is 0.910. The van der Waals surface area contributed by atoms with Crippen LogP contribution in [0.3, 0.4) is 0 Å². The van der Waals surface area contributed by atoms with Crippen molar-refractivity contribution < 1.29 is 8.73 Å². The first-order chi connectivity index (χ1) is 7.34. The minimum absolute atomic E-state index is 0.363. The van der Waals surface area contributed by atoms with Crippen LogP contribution in [0.1, 0.15) is 39.9 Å². The Kier molecular flexibility index (Phi) is 4.43. The van der Waals surface area contributed by atoms with Gasteiger partial charge in [-0.15, -0.1) is 0 Å². The normalized spacial score (nSPS) is 15.2. The molecule has 0 bridgehead atoms. The number of halogens is 1. The summed E-state index contributed by atoms with van der Waals surface area (Å²) in [5.41, 5.74) is 0.673. The maximum Gasteiger partial charge on any atom is 0.182 e. The molecular weight excluding hydrogens is 292 g/mol. The number of hydrogen-bond acceptors (Lipinski definition) is 3. The molecule has 1 aromatic heterocycles. The zero-order chi connectivity index (χ0) is 12.3. The van der Waals surface area contributed by atoms with Crippen molar-refractivity contribution in [3.05, 3.63) is 16.4 Å². The van der Waals surface area contributed by atoms with Crippen LogP contribution in [-0.4, -0.2) is 19.8 Å². The van der Waals surface area contributed by atoms with Crippen LogP contribution >= 0.6 is 15.9 Å². The Hall–Kier alpha value is -0.490. The van der Waals surface area contributed by atoms with Crippen LogP contribution in [0.15, 0.2) is 19.6 Å². The summed E-state index contributed by atoms with van der Waals surface area (Å²) in [7, 11) is -1.27. The minimum atomic E-state index is -1.27. The van der Waals surface area contributed by atoms with Crippen LogP contribution in [0.4, 0.5) is 0 Å². The minimum Gasteiger partial charge on any atom is -0.354 e. The van der Waals surface area contributed by atoms with E-state index in [1.54, 1.807) is 6.07 Å². The van der Waals surface area contributed by atoms with Crippen LogP contribution in [0.2, 0.25) is 0 Å². The average Bonchev–Trinajstić information content (AvgIpc) is 2.59. The molecule has 0 aliphatic heterocycles. The number of nitrogens with zero attached hydrogens (tertiary/aromatic N) is 2. The van der Waals surface area contributed by atoms with Crippen molar-refractivity contribution in [2.45, 2.75) is 38.9 Å². The fourth-order valence-corrected chi connectivity index (χ4v) is 1.88. The lowest BCUT2D eigenvalue weighted by molar-refractivity contribution is 0.408. The van der Waals surface area contributed by atoms with E-state index in [9.17, 15) is 4.21 Å². The quantitative estimate of drug-likeness (QED) is 0.806. The van der Waals surface area contributed by atoms with E-state index in [0.717, 1.165) is 0 Å². The standard InChI is InChI=1S/C10H15BrN2O2S/c1-5-7(8-6-9(11)12-15-8)13-16(14)10(2,3)4/h6H,5H2,1-4H3. The summed E-state index contributed by atoms with van der Waals surface area (Å²) >= 11 is 3.20. The Labute approximate surface area is 106 Å². The first kappa shape index (κ1) is 13.6. The van der Waals surface area contributed by atoms with Crippen molar-refractivity contribution in [1.29, 1.82) is 0 Å². The van der Waals surface area contributed by atoms with E-state index >= 15 is 0 Å². The first-order valence-corrected chi connectivity index (χ1v) is 6.86. The van der Waals surface area contributed by atoms with E-state index in [1.165, 1.54) is 0 Å². The topological polar surface area (TPSA) is 55.5 Å². The van der Waals surface area contributed by atoms with Gasteiger partial charge in [0.1, 0.15) is 15.6 Å². The molecule has 0 amide bonds. The van der Waals surface area contributed by atoms with Crippen LogP contribution < -0.4 is 0 Å². The molecule has 16 heavy (non-hydrogen) atoms. The molecule has 0 saturated carbocycles. The highest BCUT2D eigenvalue weighted by Crippen LogP contribution is 2.17.